The van der Waals surface area contributed by atoms with Crippen molar-refractivity contribution in [3.8, 4) is 5.75 Å². The van der Waals surface area contributed by atoms with Gasteiger partial charge >= 0.3 is 0 Å². The SMILES string of the molecule is CCCCCC(C)(CC)c1ccc(OCCOCCOCCOCCOCCOCCOCCOCCOCCOCCOCCOCCOCCO)cc1. The molecule has 0 aromatic heterocycles. The van der Waals surface area contributed by atoms with Crippen LogP contribution in [0, 0.1) is 0 Å². The van der Waals surface area contributed by atoms with Gasteiger partial charge in [0, 0.05) is 0 Å². The first-order chi connectivity index (χ1) is 27.2. The second kappa shape index (κ2) is 40.7. The molecule has 0 spiro atoms. The molecule has 1 aromatic rings. The van der Waals surface area contributed by atoms with E-state index < -0.39 is 0 Å². The lowest BCUT2D eigenvalue weighted by atomic mass is 9.76. The summed E-state index contributed by atoms with van der Waals surface area (Å²) in [5.74, 6) is 0.877. The normalized spacial score (nSPS) is 12.7. The Balaban J connectivity index is 1.72. The van der Waals surface area contributed by atoms with E-state index in [4.69, 9.17) is 66.7 Å². The molecule has 55 heavy (non-hydrogen) atoms. The van der Waals surface area contributed by atoms with Crippen LogP contribution in [0.5, 0.6) is 5.75 Å². The molecule has 1 rings (SSSR count). The molecule has 0 saturated carbocycles. The van der Waals surface area contributed by atoms with Crippen molar-refractivity contribution < 1.29 is 66.7 Å². The highest BCUT2D eigenvalue weighted by Crippen LogP contribution is 2.34. The minimum Gasteiger partial charge on any atom is -0.491 e. The van der Waals surface area contributed by atoms with E-state index in [1.165, 1.54) is 31.2 Å². The first-order valence-corrected chi connectivity index (χ1v) is 20.4. The molecule has 324 valence electrons. The summed E-state index contributed by atoms with van der Waals surface area (Å²) in [6, 6.07) is 8.57. The number of rotatable bonds is 45. The van der Waals surface area contributed by atoms with E-state index in [1.807, 2.05) is 0 Å². The molecular weight excluding hydrogens is 716 g/mol. The van der Waals surface area contributed by atoms with Crippen molar-refractivity contribution in [1.29, 1.82) is 0 Å². The average Bonchev–Trinajstić information content (AvgIpc) is 3.20. The van der Waals surface area contributed by atoms with E-state index in [2.05, 4.69) is 45.0 Å². The number of aliphatic hydroxyl groups excluding tert-OH is 1. The monoisotopic (exact) mass is 793 g/mol. The van der Waals surface area contributed by atoms with Crippen LogP contribution >= 0.6 is 0 Å². The Bertz CT molecular complexity index is 896. The largest absolute Gasteiger partial charge is 0.491 e. The summed E-state index contributed by atoms with van der Waals surface area (Å²) >= 11 is 0. The number of unbranched alkanes of at least 4 members (excludes halogenated alkanes) is 2. The minimum absolute atomic E-state index is 0.0240. The van der Waals surface area contributed by atoms with Crippen molar-refractivity contribution in [1.82, 2.24) is 0 Å². The number of aliphatic hydroxyl groups is 1. The lowest BCUT2D eigenvalue weighted by Gasteiger charge is -2.29. The maximum absolute atomic E-state index is 8.60. The number of ether oxygens (including phenoxy) is 13. The Morgan fingerprint density at radius 2 is 0.691 bits per heavy atom. The smallest absolute Gasteiger partial charge is 0.119 e. The van der Waals surface area contributed by atoms with Gasteiger partial charge in [0.05, 0.1) is 165 Å². The molecule has 0 aliphatic heterocycles. The molecule has 0 fully saturated rings. The molecule has 14 heteroatoms. The lowest BCUT2D eigenvalue weighted by molar-refractivity contribution is -0.0287. The number of hydrogen-bond acceptors (Lipinski definition) is 14. The van der Waals surface area contributed by atoms with Gasteiger partial charge in [-0.05, 0) is 36.0 Å². The Labute approximate surface area is 331 Å². The van der Waals surface area contributed by atoms with Crippen LogP contribution in [0.4, 0.5) is 0 Å². The Morgan fingerprint density at radius 1 is 0.400 bits per heavy atom. The zero-order valence-electron chi connectivity index (χ0n) is 34.5. The Hall–Kier alpha value is -1.50. The van der Waals surface area contributed by atoms with Gasteiger partial charge in [0.25, 0.3) is 0 Å². The third-order valence-electron chi connectivity index (χ3n) is 8.49. The number of benzene rings is 1. The van der Waals surface area contributed by atoms with Crippen LogP contribution in [0.2, 0.25) is 0 Å². The van der Waals surface area contributed by atoms with Gasteiger partial charge < -0.3 is 66.7 Å². The molecule has 0 radical (unpaired) electrons. The van der Waals surface area contributed by atoms with Crippen LogP contribution in [0.25, 0.3) is 0 Å². The zero-order chi connectivity index (χ0) is 39.6. The van der Waals surface area contributed by atoms with Gasteiger partial charge in [-0.3, -0.25) is 0 Å². The van der Waals surface area contributed by atoms with E-state index in [-0.39, 0.29) is 12.0 Å². The van der Waals surface area contributed by atoms with Crippen molar-refractivity contribution >= 4 is 0 Å². The number of hydrogen-bond donors (Lipinski definition) is 1. The Morgan fingerprint density at radius 3 is 0.964 bits per heavy atom. The van der Waals surface area contributed by atoms with E-state index in [0.29, 0.717) is 165 Å². The molecule has 0 amide bonds. The van der Waals surface area contributed by atoms with Crippen molar-refractivity contribution in [2.24, 2.45) is 0 Å². The van der Waals surface area contributed by atoms with Crippen molar-refractivity contribution in [2.45, 2.75) is 58.3 Å². The average molecular weight is 793 g/mol. The van der Waals surface area contributed by atoms with Gasteiger partial charge in [-0.15, -0.1) is 0 Å². The van der Waals surface area contributed by atoms with Gasteiger partial charge in [-0.2, -0.15) is 0 Å². The van der Waals surface area contributed by atoms with Crippen molar-refractivity contribution in [2.75, 3.05) is 172 Å². The van der Waals surface area contributed by atoms with E-state index in [0.717, 1.165) is 12.2 Å². The fourth-order valence-electron chi connectivity index (χ4n) is 5.05. The van der Waals surface area contributed by atoms with Gasteiger partial charge in [-0.1, -0.05) is 52.2 Å². The predicted molar refractivity (Wildman–Crippen MR) is 211 cm³/mol. The zero-order valence-corrected chi connectivity index (χ0v) is 34.5. The van der Waals surface area contributed by atoms with E-state index >= 15 is 0 Å². The van der Waals surface area contributed by atoms with Crippen LogP contribution in [-0.4, -0.2) is 177 Å². The molecule has 1 unspecified atom stereocenters. The molecule has 0 aliphatic rings. The fraction of sp³-hybridized carbons (Fsp3) is 0.854. The fourth-order valence-corrected chi connectivity index (χ4v) is 5.05. The summed E-state index contributed by atoms with van der Waals surface area (Å²) in [6.45, 7) is 19.4. The van der Waals surface area contributed by atoms with E-state index in [1.54, 1.807) is 0 Å². The summed E-state index contributed by atoms with van der Waals surface area (Å²) in [6.07, 6.45) is 6.19. The summed E-state index contributed by atoms with van der Waals surface area (Å²) in [7, 11) is 0. The van der Waals surface area contributed by atoms with Crippen LogP contribution in [0.3, 0.4) is 0 Å². The molecule has 0 aliphatic carbocycles. The molecule has 0 heterocycles. The van der Waals surface area contributed by atoms with Gasteiger partial charge in [-0.25, -0.2) is 0 Å². The summed E-state index contributed by atoms with van der Waals surface area (Å²) in [4.78, 5) is 0. The quantitative estimate of drug-likeness (QED) is 0.0927. The molecule has 1 N–H and O–H groups in total. The molecule has 1 aromatic carbocycles. The van der Waals surface area contributed by atoms with Crippen molar-refractivity contribution in [3.63, 3.8) is 0 Å². The van der Waals surface area contributed by atoms with Crippen molar-refractivity contribution in [3.05, 3.63) is 29.8 Å². The highest BCUT2D eigenvalue weighted by molar-refractivity contribution is 5.32. The first kappa shape index (κ1) is 51.5. The van der Waals surface area contributed by atoms with Gasteiger partial charge in [0.2, 0.25) is 0 Å². The van der Waals surface area contributed by atoms with Gasteiger partial charge in [0.1, 0.15) is 12.4 Å². The third-order valence-corrected chi connectivity index (χ3v) is 8.49. The second-order valence-corrected chi connectivity index (χ2v) is 12.8. The van der Waals surface area contributed by atoms with E-state index in [9.17, 15) is 0 Å². The van der Waals surface area contributed by atoms with Crippen LogP contribution in [0.1, 0.15) is 58.4 Å². The summed E-state index contributed by atoms with van der Waals surface area (Å²) in [5, 5.41) is 8.60. The topological polar surface area (TPSA) is 140 Å². The Kier molecular flexibility index (Phi) is 38.1. The standard InChI is InChI=1S/C41H76O14/c1-4-6-7-12-41(3,5-2)39-8-10-40(11-9-39)55-38-37-54-36-35-53-34-33-52-32-31-51-30-29-50-28-27-49-26-25-48-24-23-47-22-21-46-20-19-45-18-17-44-16-15-43-14-13-42/h8-11,42H,4-7,12-38H2,1-3H3. The lowest BCUT2D eigenvalue weighted by Crippen LogP contribution is -2.20. The molecule has 14 nitrogen and oxygen atoms in total. The highest BCUT2D eigenvalue weighted by Gasteiger charge is 2.23. The second-order valence-electron chi connectivity index (χ2n) is 12.8. The maximum Gasteiger partial charge on any atom is 0.119 e. The van der Waals surface area contributed by atoms with Crippen LogP contribution < -0.4 is 4.74 Å². The summed E-state index contributed by atoms with van der Waals surface area (Å²) in [5.41, 5.74) is 1.62. The molecule has 0 bridgehead atoms. The molecule has 1 atom stereocenters. The van der Waals surface area contributed by atoms with Crippen LogP contribution in [-0.2, 0) is 62.3 Å². The van der Waals surface area contributed by atoms with Gasteiger partial charge in [0.15, 0.2) is 0 Å². The summed E-state index contributed by atoms with van der Waals surface area (Å²) < 4.78 is 71.4. The highest BCUT2D eigenvalue weighted by atomic mass is 16.6. The third kappa shape index (κ3) is 33.2. The maximum atomic E-state index is 8.60. The minimum atomic E-state index is 0.0240. The van der Waals surface area contributed by atoms with Crippen LogP contribution in [0.15, 0.2) is 24.3 Å². The molecular formula is C41H76O14. The first-order valence-electron chi connectivity index (χ1n) is 20.4. The predicted octanol–water partition coefficient (Wildman–Crippen LogP) is 4.50. The molecule has 0 saturated heterocycles.